The quantitative estimate of drug-likeness (QED) is 0.600. The second-order valence-corrected chi connectivity index (χ2v) is 5.93. The van der Waals surface area contributed by atoms with Gasteiger partial charge >= 0.3 is 0 Å². The molecular formula is C16H11N5O2S. The normalized spacial score (nSPS) is 10.8. The van der Waals surface area contributed by atoms with Crippen LogP contribution in [-0.2, 0) is 0 Å². The predicted octanol–water partition coefficient (Wildman–Crippen LogP) is 2.40. The van der Waals surface area contributed by atoms with Crippen LogP contribution in [0.25, 0.3) is 17.0 Å². The summed E-state index contributed by atoms with van der Waals surface area (Å²) in [5.74, 6) is 0.0754. The fraction of sp³-hybridized carbons (Fsp3) is 0. The van der Waals surface area contributed by atoms with E-state index in [9.17, 15) is 9.59 Å². The average molecular weight is 337 g/mol. The molecule has 4 aromatic rings. The van der Waals surface area contributed by atoms with E-state index in [-0.39, 0.29) is 23.2 Å². The second-order valence-electron chi connectivity index (χ2n) is 4.98. The van der Waals surface area contributed by atoms with Crippen LogP contribution in [0.3, 0.4) is 0 Å². The Morgan fingerprint density at radius 2 is 1.96 bits per heavy atom. The molecule has 0 fully saturated rings. The van der Waals surface area contributed by atoms with Gasteiger partial charge in [0.15, 0.2) is 0 Å². The minimum atomic E-state index is -0.303. The number of nitrogens with one attached hydrogen (secondary N) is 2. The molecule has 118 valence electrons. The maximum absolute atomic E-state index is 12.2. The summed E-state index contributed by atoms with van der Waals surface area (Å²) >= 11 is 1.32. The van der Waals surface area contributed by atoms with Gasteiger partial charge in [0.25, 0.3) is 17.2 Å². The summed E-state index contributed by atoms with van der Waals surface area (Å²) in [7, 11) is 0. The number of nitrogens with zero attached hydrogens (tertiary/aromatic N) is 3. The standard InChI is InChI=1S/C16H11N5O2S/c22-13-9-11(10-5-2-1-3-6-10)17-16-19-15(20-21(13)16)18-14(23)12-7-4-8-24-12/h1-9H,(H2,17,18,19,20,23). The smallest absolute Gasteiger partial charge is 0.274 e. The fourth-order valence-corrected chi connectivity index (χ4v) is 2.89. The van der Waals surface area contributed by atoms with Crippen LogP contribution in [0.4, 0.5) is 5.95 Å². The van der Waals surface area contributed by atoms with Crippen LogP contribution in [0.5, 0.6) is 0 Å². The summed E-state index contributed by atoms with van der Waals surface area (Å²) in [6.07, 6.45) is 0. The summed E-state index contributed by atoms with van der Waals surface area (Å²) in [5, 5.41) is 7.18. The van der Waals surface area contributed by atoms with Gasteiger partial charge in [-0.3, -0.25) is 20.0 Å². The minimum Gasteiger partial charge on any atom is -0.290 e. The van der Waals surface area contributed by atoms with Crippen LogP contribution in [0, 0.1) is 0 Å². The van der Waals surface area contributed by atoms with Gasteiger partial charge in [0.05, 0.1) is 10.6 Å². The highest BCUT2D eigenvalue weighted by Gasteiger charge is 2.12. The largest absolute Gasteiger partial charge is 0.290 e. The van der Waals surface area contributed by atoms with E-state index < -0.39 is 0 Å². The topological polar surface area (TPSA) is 92.2 Å². The van der Waals surface area contributed by atoms with Crippen LogP contribution in [-0.4, -0.2) is 25.5 Å². The first-order chi connectivity index (χ1) is 11.7. The molecule has 1 aromatic carbocycles. The van der Waals surface area contributed by atoms with Crippen molar-refractivity contribution in [1.29, 1.82) is 0 Å². The summed E-state index contributed by atoms with van der Waals surface area (Å²) in [4.78, 5) is 33.4. The predicted molar refractivity (Wildman–Crippen MR) is 91.3 cm³/mol. The first-order valence-electron chi connectivity index (χ1n) is 7.11. The molecule has 0 radical (unpaired) electrons. The zero-order chi connectivity index (χ0) is 16.5. The molecule has 4 rings (SSSR count). The van der Waals surface area contributed by atoms with Crippen LogP contribution in [0.2, 0.25) is 0 Å². The van der Waals surface area contributed by atoms with Crippen molar-refractivity contribution in [2.75, 3.05) is 5.32 Å². The van der Waals surface area contributed by atoms with E-state index in [1.54, 1.807) is 12.1 Å². The Hall–Kier alpha value is -3.26. The van der Waals surface area contributed by atoms with E-state index in [1.165, 1.54) is 21.9 Å². The Balaban J connectivity index is 1.72. The molecule has 3 heterocycles. The van der Waals surface area contributed by atoms with Crippen LogP contribution < -0.4 is 10.9 Å². The summed E-state index contributed by atoms with van der Waals surface area (Å²) in [5.41, 5.74) is 1.05. The monoisotopic (exact) mass is 337 g/mol. The molecule has 0 unspecified atom stereocenters. The van der Waals surface area contributed by atoms with Gasteiger partial charge in [0.1, 0.15) is 0 Å². The van der Waals surface area contributed by atoms with Crippen LogP contribution in [0.15, 0.2) is 58.7 Å². The molecule has 1 amide bonds. The number of amides is 1. The number of carbonyl (C=O) groups is 1. The van der Waals surface area contributed by atoms with E-state index in [0.717, 1.165) is 5.56 Å². The number of benzene rings is 1. The molecule has 3 aromatic heterocycles. The third-order valence-electron chi connectivity index (χ3n) is 3.38. The van der Waals surface area contributed by atoms with Gasteiger partial charge in [0, 0.05) is 11.6 Å². The number of fused-ring (bicyclic) bond motifs is 1. The number of aromatic amines is 1. The summed E-state index contributed by atoms with van der Waals surface area (Å²) < 4.78 is 1.19. The van der Waals surface area contributed by atoms with Gasteiger partial charge in [-0.05, 0) is 11.4 Å². The Morgan fingerprint density at radius 1 is 1.12 bits per heavy atom. The van der Waals surface area contributed by atoms with Crippen molar-refractivity contribution in [3.05, 3.63) is 69.1 Å². The number of anilines is 1. The van der Waals surface area contributed by atoms with E-state index in [1.807, 2.05) is 35.7 Å². The lowest BCUT2D eigenvalue weighted by atomic mass is 10.1. The third kappa shape index (κ3) is 2.59. The highest BCUT2D eigenvalue weighted by molar-refractivity contribution is 7.12. The number of aromatic nitrogens is 4. The van der Waals surface area contributed by atoms with Crippen LogP contribution >= 0.6 is 11.3 Å². The molecule has 2 N–H and O–H groups in total. The van der Waals surface area contributed by atoms with E-state index in [0.29, 0.717) is 10.6 Å². The molecule has 0 aliphatic heterocycles. The first kappa shape index (κ1) is 14.3. The van der Waals surface area contributed by atoms with Gasteiger partial charge in [-0.15, -0.1) is 11.3 Å². The highest BCUT2D eigenvalue weighted by Crippen LogP contribution is 2.16. The molecule has 0 aliphatic carbocycles. The highest BCUT2D eigenvalue weighted by atomic mass is 32.1. The van der Waals surface area contributed by atoms with Gasteiger partial charge in [-0.25, -0.2) is 4.98 Å². The Labute approximate surface area is 139 Å². The van der Waals surface area contributed by atoms with Crippen molar-refractivity contribution < 1.29 is 4.79 Å². The molecule has 0 bridgehead atoms. The molecule has 0 spiro atoms. The van der Waals surface area contributed by atoms with Crippen molar-refractivity contribution in [2.24, 2.45) is 0 Å². The van der Waals surface area contributed by atoms with Gasteiger partial charge < -0.3 is 0 Å². The van der Waals surface area contributed by atoms with Crippen LogP contribution in [0.1, 0.15) is 9.67 Å². The van der Waals surface area contributed by atoms with E-state index in [4.69, 9.17) is 0 Å². The zero-order valence-corrected chi connectivity index (χ0v) is 13.1. The fourth-order valence-electron chi connectivity index (χ4n) is 2.27. The maximum Gasteiger partial charge on any atom is 0.274 e. The van der Waals surface area contributed by atoms with Gasteiger partial charge in [-0.2, -0.15) is 9.50 Å². The number of hydrogen-bond donors (Lipinski definition) is 2. The lowest BCUT2D eigenvalue weighted by Crippen LogP contribution is -2.15. The van der Waals surface area contributed by atoms with E-state index >= 15 is 0 Å². The Morgan fingerprint density at radius 3 is 2.71 bits per heavy atom. The number of thiophene rings is 1. The molecule has 0 saturated carbocycles. The minimum absolute atomic E-state index is 0.170. The number of rotatable bonds is 3. The van der Waals surface area contributed by atoms with E-state index in [2.05, 4.69) is 20.4 Å². The number of carbonyl (C=O) groups excluding carboxylic acids is 1. The number of hydrogen-bond acceptors (Lipinski definition) is 5. The van der Waals surface area contributed by atoms with Crippen molar-refractivity contribution in [3.63, 3.8) is 0 Å². The molecule has 8 heteroatoms. The van der Waals surface area contributed by atoms with Gasteiger partial charge in [0.2, 0.25) is 5.95 Å². The summed E-state index contributed by atoms with van der Waals surface area (Å²) in [6.45, 7) is 0. The Kier molecular flexibility index (Phi) is 3.43. The van der Waals surface area contributed by atoms with Crippen molar-refractivity contribution in [1.82, 2.24) is 19.6 Å². The van der Waals surface area contributed by atoms with Crippen molar-refractivity contribution in [3.8, 4) is 11.3 Å². The maximum atomic E-state index is 12.2. The lowest BCUT2D eigenvalue weighted by Gasteiger charge is -1.99. The first-order valence-corrected chi connectivity index (χ1v) is 7.99. The van der Waals surface area contributed by atoms with Gasteiger partial charge in [-0.1, -0.05) is 36.4 Å². The van der Waals surface area contributed by atoms with Crippen molar-refractivity contribution in [2.45, 2.75) is 0 Å². The molecule has 24 heavy (non-hydrogen) atoms. The molecule has 0 atom stereocenters. The third-order valence-corrected chi connectivity index (χ3v) is 4.25. The summed E-state index contributed by atoms with van der Waals surface area (Å²) in [6, 6.07) is 14.3. The molecule has 0 saturated heterocycles. The SMILES string of the molecule is O=C(Nc1nc2nc(-c3ccccc3)cc(=O)n2[nH]1)c1cccs1. The molecular weight excluding hydrogens is 326 g/mol. The lowest BCUT2D eigenvalue weighted by molar-refractivity contribution is 0.102. The van der Waals surface area contributed by atoms with Crippen molar-refractivity contribution >= 4 is 29.0 Å². The molecule has 0 aliphatic rings. The molecule has 7 nitrogen and oxygen atoms in total. The second kappa shape index (κ2) is 5.74. The average Bonchev–Trinajstić information content (AvgIpc) is 3.25. The number of H-pyrrole nitrogens is 1. The zero-order valence-electron chi connectivity index (χ0n) is 12.3. The Bertz CT molecular complexity index is 1070.